The molecule has 2 nitrogen and oxygen atoms in total. The molecular weight excluding hydrogens is 169 g/mol. The summed E-state index contributed by atoms with van der Waals surface area (Å²) in [5.74, 6) is 0. The molecule has 5 heteroatoms. The zero-order valence-electron chi connectivity index (χ0n) is 6.99. The average molecular weight is 182 g/mol. The van der Waals surface area contributed by atoms with Crippen LogP contribution >= 0.6 is 0 Å². The van der Waals surface area contributed by atoms with Gasteiger partial charge < -0.3 is 5.32 Å². The van der Waals surface area contributed by atoms with Crippen LogP contribution in [0.4, 0.5) is 13.2 Å². The maximum Gasteiger partial charge on any atom is 0.459 e. The fourth-order valence-electron chi connectivity index (χ4n) is 1.44. The molecule has 1 aliphatic heterocycles. The molecular formula is C7H13F3N2. The highest BCUT2D eigenvalue weighted by Crippen LogP contribution is 2.24. The minimum absolute atomic E-state index is 0.0135. The van der Waals surface area contributed by atoms with Crippen LogP contribution in [0.15, 0.2) is 0 Å². The van der Waals surface area contributed by atoms with Crippen molar-refractivity contribution in [3.63, 3.8) is 0 Å². The Balaban J connectivity index is 2.46. The molecule has 0 saturated carbocycles. The van der Waals surface area contributed by atoms with E-state index in [2.05, 4.69) is 5.32 Å². The predicted octanol–water partition coefficient (Wildman–Crippen LogP) is 1.19. The largest absolute Gasteiger partial charge is 0.459 e. The molecule has 0 spiro atoms. The van der Waals surface area contributed by atoms with E-state index in [0.29, 0.717) is 11.3 Å². The van der Waals surface area contributed by atoms with Gasteiger partial charge in [0.05, 0.1) is 0 Å². The van der Waals surface area contributed by atoms with E-state index >= 15 is 0 Å². The first-order chi connectivity index (χ1) is 5.54. The van der Waals surface area contributed by atoms with E-state index in [1.165, 1.54) is 0 Å². The van der Waals surface area contributed by atoms with E-state index in [1.54, 1.807) is 7.05 Å². The van der Waals surface area contributed by atoms with Crippen LogP contribution in [0.1, 0.15) is 12.8 Å². The maximum absolute atomic E-state index is 12.1. The van der Waals surface area contributed by atoms with E-state index in [0.717, 1.165) is 6.42 Å². The van der Waals surface area contributed by atoms with Gasteiger partial charge in [0.2, 0.25) is 0 Å². The Bertz CT molecular complexity index is 146. The summed E-state index contributed by atoms with van der Waals surface area (Å²) in [5, 5.41) is 2.86. The number of likely N-dealkylation sites (tertiary alicyclic amines) is 1. The molecule has 12 heavy (non-hydrogen) atoms. The van der Waals surface area contributed by atoms with Crippen molar-refractivity contribution in [2.75, 3.05) is 20.1 Å². The molecule has 1 heterocycles. The SMILES string of the molecule is CN[C@@H]1CCCN(C(F)(F)F)C1. The van der Waals surface area contributed by atoms with Crippen LogP contribution in [0.25, 0.3) is 0 Å². The van der Waals surface area contributed by atoms with E-state index in [4.69, 9.17) is 0 Å². The molecule has 0 amide bonds. The van der Waals surface area contributed by atoms with Crippen LogP contribution in [-0.4, -0.2) is 37.4 Å². The van der Waals surface area contributed by atoms with Gasteiger partial charge in [-0.2, -0.15) is 13.2 Å². The van der Waals surface area contributed by atoms with Gasteiger partial charge in [-0.15, -0.1) is 0 Å². The molecule has 0 aromatic heterocycles. The van der Waals surface area contributed by atoms with Gasteiger partial charge in [0, 0.05) is 19.1 Å². The summed E-state index contributed by atoms with van der Waals surface area (Å²) in [4.78, 5) is 0.567. The first kappa shape index (κ1) is 9.80. The molecule has 1 N–H and O–H groups in total. The number of rotatable bonds is 1. The van der Waals surface area contributed by atoms with Crippen molar-refractivity contribution >= 4 is 0 Å². The van der Waals surface area contributed by atoms with Crippen LogP contribution in [0.3, 0.4) is 0 Å². The Kier molecular flexibility index (Phi) is 2.95. The second-order valence-electron chi connectivity index (χ2n) is 3.04. The van der Waals surface area contributed by atoms with Crippen molar-refractivity contribution in [3.05, 3.63) is 0 Å². The molecule has 0 radical (unpaired) electrons. The molecule has 1 aliphatic rings. The lowest BCUT2D eigenvalue weighted by Gasteiger charge is -2.33. The molecule has 72 valence electrons. The molecule has 1 atom stereocenters. The van der Waals surface area contributed by atoms with Gasteiger partial charge >= 0.3 is 6.30 Å². The minimum atomic E-state index is -4.16. The highest BCUT2D eigenvalue weighted by Gasteiger charge is 2.39. The fraction of sp³-hybridized carbons (Fsp3) is 1.00. The monoisotopic (exact) mass is 182 g/mol. The Morgan fingerprint density at radius 1 is 1.42 bits per heavy atom. The molecule has 1 fully saturated rings. The molecule has 0 bridgehead atoms. The van der Waals surface area contributed by atoms with E-state index in [9.17, 15) is 13.2 Å². The first-order valence-electron chi connectivity index (χ1n) is 4.03. The number of hydrogen-bond donors (Lipinski definition) is 1. The topological polar surface area (TPSA) is 15.3 Å². The summed E-state index contributed by atoms with van der Waals surface area (Å²) >= 11 is 0. The lowest BCUT2D eigenvalue weighted by molar-refractivity contribution is -0.251. The van der Waals surface area contributed by atoms with Crippen LogP contribution in [0.2, 0.25) is 0 Å². The summed E-state index contributed by atoms with van der Waals surface area (Å²) < 4.78 is 36.4. The maximum atomic E-state index is 12.1. The van der Waals surface area contributed by atoms with Gasteiger partial charge in [-0.3, -0.25) is 0 Å². The minimum Gasteiger partial charge on any atom is -0.316 e. The van der Waals surface area contributed by atoms with Crippen LogP contribution < -0.4 is 5.32 Å². The van der Waals surface area contributed by atoms with Gasteiger partial charge in [-0.25, -0.2) is 4.90 Å². The van der Waals surface area contributed by atoms with Gasteiger partial charge in [-0.1, -0.05) is 0 Å². The Labute approximate surface area is 69.7 Å². The predicted molar refractivity (Wildman–Crippen MR) is 39.7 cm³/mol. The van der Waals surface area contributed by atoms with Crippen molar-refractivity contribution in [1.82, 2.24) is 10.2 Å². The second-order valence-corrected chi connectivity index (χ2v) is 3.04. The standard InChI is InChI=1S/C7H13F3N2/c1-11-6-3-2-4-12(5-6)7(8,9)10/h6,11H,2-5H2,1H3/t6-/m1/s1. The van der Waals surface area contributed by atoms with Crippen LogP contribution in [0.5, 0.6) is 0 Å². The van der Waals surface area contributed by atoms with E-state index in [1.807, 2.05) is 0 Å². The number of halogens is 3. The number of piperidine rings is 1. The summed E-state index contributed by atoms with van der Waals surface area (Å²) in [5.41, 5.74) is 0. The quantitative estimate of drug-likeness (QED) is 0.613. The molecule has 0 aliphatic carbocycles. The molecule has 1 rings (SSSR count). The van der Waals surface area contributed by atoms with Crippen LogP contribution in [-0.2, 0) is 0 Å². The van der Waals surface area contributed by atoms with Crippen molar-refractivity contribution in [2.45, 2.75) is 25.2 Å². The smallest absolute Gasteiger partial charge is 0.316 e. The molecule has 0 unspecified atom stereocenters. The second kappa shape index (κ2) is 3.62. The van der Waals surface area contributed by atoms with Crippen molar-refractivity contribution in [3.8, 4) is 0 Å². The summed E-state index contributed by atoms with van der Waals surface area (Å²) in [6.07, 6.45) is -2.70. The summed E-state index contributed by atoms with van der Waals surface area (Å²) in [6.45, 7) is 0.224. The highest BCUT2D eigenvalue weighted by molar-refractivity contribution is 4.77. The fourth-order valence-corrected chi connectivity index (χ4v) is 1.44. The third-order valence-corrected chi connectivity index (χ3v) is 2.19. The Hall–Kier alpha value is -0.290. The lowest BCUT2D eigenvalue weighted by atomic mass is 10.1. The third-order valence-electron chi connectivity index (χ3n) is 2.19. The zero-order chi connectivity index (χ0) is 9.19. The zero-order valence-corrected chi connectivity index (χ0v) is 6.99. The van der Waals surface area contributed by atoms with E-state index < -0.39 is 6.30 Å². The Morgan fingerprint density at radius 2 is 2.08 bits per heavy atom. The average Bonchev–Trinajstić information content (AvgIpc) is 2.03. The van der Waals surface area contributed by atoms with Gasteiger partial charge in [0.1, 0.15) is 0 Å². The number of hydrogen-bond acceptors (Lipinski definition) is 2. The van der Waals surface area contributed by atoms with Gasteiger partial charge in [0.25, 0.3) is 0 Å². The number of alkyl halides is 3. The number of nitrogens with one attached hydrogen (secondary N) is 1. The number of nitrogens with zero attached hydrogens (tertiary/aromatic N) is 1. The van der Waals surface area contributed by atoms with Crippen molar-refractivity contribution < 1.29 is 13.2 Å². The van der Waals surface area contributed by atoms with Crippen molar-refractivity contribution in [2.24, 2.45) is 0 Å². The first-order valence-corrected chi connectivity index (χ1v) is 4.03. The molecule has 0 aromatic rings. The molecule has 1 saturated heterocycles. The van der Waals surface area contributed by atoms with Gasteiger partial charge in [0.15, 0.2) is 0 Å². The van der Waals surface area contributed by atoms with Crippen molar-refractivity contribution in [1.29, 1.82) is 0 Å². The Morgan fingerprint density at radius 3 is 2.58 bits per heavy atom. The summed E-state index contributed by atoms with van der Waals surface area (Å²) in [6, 6.07) is -0.0135. The highest BCUT2D eigenvalue weighted by atomic mass is 19.4. The van der Waals surface area contributed by atoms with E-state index in [-0.39, 0.29) is 19.1 Å². The number of likely N-dealkylation sites (N-methyl/N-ethyl adjacent to an activating group) is 1. The normalized spacial score (nSPS) is 27.5. The van der Waals surface area contributed by atoms with Gasteiger partial charge in [-0.05, 0) is 19.9 Å². The van der Waals surface area contributed by atoms with Crippen LogP contribution in [0, 0.1) is 0 Å². The summed E-state index contributed by atoms with van der Waals surface area (Å²) in [7, 11) is 1.70. The third kappa shape index (κ3) is 2.35. The molecule has 0 aromatic carbocycles. The lowest BCUT2D eigenvalue weighted by Crippen LogP contribution is -2.50.